The lowest BCUT2D eigenvalue weighted by atomic mass is 10.1. The maximum atomic E-state index is 12.8. The zero-order valence-electron chi connectivity index (χ0n) is 15.0. The zero-order chi connectivity index (χ0) is 19.4. The molecule has 0 spiro atoms. The topological polar surface area (TPSA) is 78.5 Å². The molecule has 0 aliphatic carbocycles. The molecular formula is C19H21N3O3S2. The van der Waals surface area contributed by atoms with Crippen LogP contribution in [0.5, 0.6) is 0 Å². The van der Waals surface area contributed by atoms with Crippen LogP contribution in [0.2, 0.25) is 0 Å². The van der Waals surface area contributed by atoms with Crippen molar-refractivity contribution in [1.29, 1.82) is 0 Å². The third-order valence-corrected chi connectivity index (χ3v) is 6.47. The van der Waals surface area contributed by atoms with Crippen LogP contribution in [0.4, 0.5) is 4.79 Å². The number of rotatable bonds is 5. The fourth-order valence-electron chi connectivity index (χ4n) is 2.85. The Bertz CT molecular complexity index is 959. The van der Waals surface area contributed by atoms with Gasteiger partial charge >= 0.3 is 6.03 Å². The predicted molar refractivity (Wildman–Crippen MR) is 106 cm³/mol. The second kappa shape index (κ2) is 8.06. The number of amides is 2. The van der Waals surface area contributed by atoms with Crippen molar-refractivity contribution in [1.82, 2.24) is 15.2 Å². The van der Waals surface area contributed by atoms with Gasteiger partial charge < -0.3 is 0 Å². The first-order valence-corrected chi connectivity index (χ1v) is 11.0. The van der Waals surface area contributed by atoms with Gasteiger partial charge in [0, 0.05) is 10.6 Å². The van der Waals surface area contributed by atoms with Crippen LogP contribution in [0.1, 0.15) is 25.5 Å². The number of carbonyl (C=O) groups excluding carboxylic acids is 1. The van der Waals surface area contributed by atoms with Crippen molar-refractivity contribution in [3.05, 3.63) is 71.9 Å². The second-order valence-electron chi connectivity index (χ2n) is 5.98. The van der Waals surface area contributed by atoms with Crippen LogP contribution in [0.3, 0.4) is 0 Å². The first kappa shape index (κ1) is 19.3. The Morgan fingerprint density at radius 2 is 1.81 bits per heavy atom. The molecule has 3 rings (SSSR count). The largest absolute Gasteiger partial charge is 0.350 e. The summed E-state index contributed by atoms with van der Waals surface area (Å²) in [5.41, 5.74) is 4.59. The van der Waals surface area contributed by atoms with Gasteiger partial charge in [0.2, 0.25) is 0 Å². The molecule has 1 aliphatic heterocycles. The molecule has 0 bridgehead atoms. The number of thioether (sulfide) groups is 1. The van der Waals surface area contributed by atoms with Crippen LogP contribution in [0.15, 0.2) is 76.2 Å². The van der Waals surface area contributed by atoms with E-state index in [1.807, 2.05) is 50.3 Å². The normalized spacial score (nSPS) is 16.6. The van der Waals surface area contributed by atoms with E-state index < -0.39 is 16.1 Å². The Kier molecular flexibility index (Phi) is 5.76. The van der Waals surface area contributed by atoms with E-state index in [4.69, 9.17) is 0 Å². The van der Waals surface area contributed by atoms with Crippen LogP contribution in [0.25, 0.3) is 0 Å². The van der Waals surface area contributed by atoms with E-state index in [9.17, 15) is 13.2 Å². The fourth-order valence-corrected chi connectivity index (χ4v) is 5.08. The number of benzene rings is 2. The van der Waals surface area contributed by atoms with Gasteiger partial charge in [-0.1, -0.05) is 49.4 Å². The monoisotopic (exact) mass is 403 g/mol. The van der Waals surface area contributed by atoms with Crippen LogP contribution in [-0.2, 0) is 10.0 Å². The highest BCUT2D eigenvalue weighted by Gasteiger charge is 2.32. The van der Waals surface area contributed by atoms with Gasteiger partial charge in [-0.25, -0.2) is 22.9 Å². The molecule has 0 saturated heterocycles. The van der Waals surface area contributed by atoms with E-state index in [-0.39, 0.29) is 10.9 Å². The molecule has 2 aromatic rings. The molecule has 142 valence electrons. The number of urea groups is 1. The van der Waals surface area contributed by atoms with Crippen molar-refractivity contribution in [3.63, 3.8) is 0 Å². The number of nitrogens with zero attached hydrogens (tertiary/aromatic N) is 1. The molecule has 8 heteroatoms. The lowest BCUT2D eigenvalue weighted by molar-refractivity contribution is 0.179. The lowest BCUT2D eigenvalue weighted by Crippen LogP contribution is -2.47. The minimum absolute atomic E-state index is 0.102. The molecule has 1 atom stereocenters. The van der Waals surface area contributed by atoms with Crippen molar-refractivity contribution in [3.8, 4) is 0 Å². The molecule has 2 amide bonds. The molecule has 0 saturated carbocycles. The Morgan fingerprint density at radius 1 is 1.15 bits per heavy atom. The Labute approximate surface area is 163 Å². The quantitative estimate of drug-likeness (QED) is 0.745. The Morgan fingerprint density at radius 3 is 2.52 bits per heavy atom. The Balaban J connectivity index is 1.84. The molecule has 27 heavy (non-hydrogen) atoms. The molecule has 0 fully saturated rings. The molecule has 1 aliphatic rings. The van der Waals surface area contributed by atoms with Gasteiger partial charge in [0.1, 0.15) is 10.9 Å². The fraction of sp³-hybridized carbons (Fsp3) is 0.211. The van der Waals surface area contributed by atoms with Gasteiger partial charge in [-0.15, -0.1) is 11.8 Å². The SMILES string of the molecule is CCSc1ccccc1S(=O)(=O)NC(=O)N1NC(C)=CC1c1ccccc1. The number of carbonyl (C=O) groups is 1. The summed E-state index contributed by atoms with van der Waals surface area (Å²) in [6, 6.07) is 15.0. The average Bonchev–Trinajstić information content (AvgIpc) is 3.05. The lowest BCUT2D eigenvalue weighted by Gasteiger charge is -2.25. The molecule has 1 unspecified atom stereocenters. The van der Waals surface area contributed by atoms with E-state index in [1.54, 1.807) is 18.2 Å². The number of hydrogen-bond donors (Lipinski definition) is 2. The number of hydrazine groups is 1. The van der Waals surface area contributed by atoms with Crippen molar-refractivity contribution >= 4 is 27.8 Å². The Hall–Kier alpha value is -2.45. The van der Waals surface area contributed by atoms with E-state index in [0.717, 1.165) is 17.0 Å². The van der Waals surface area contributed by atoms with Gasteiger partial charge in [-0.3, -0.25) is 5.43 Å². The first-order chi connectivity index (χ1) is 12.9. The highest BCUT2D eigenvalue weighted by molar-refractivity contribution is 8.00. The number of hydrogen-bond acceptors (Lipinski definition) is 5. The molecule has 0 aromatic heterocycles. The van der Waals surface area contributed by atoms with Crippen LogP contribution >= 0.6 is 11.8 Å². The minimum Gasteiger partial charge on any atom is -0.298 e. The van der Waals surface area contributed by atoms with Gasteiger partial charge in [0.25, 0.3) is 10.0 Å². The summed E-state index contributed by atoms with van der Waals surface area (Å²) in [4.78, 5) is 13.5. The number of nitrogens with one attached hydrogen (secondary N) is 2. The average molecular weight is 404 g/mol. The highest BCUT2D eigenvalue weighted by Crippen LogP contribution is 2.29. The summed E-state index contributed by atoms with van der Waals surface area (Å²) in [5.74, 6) is 0.730. The van der Waals surface area contributed by atoms with Gasteiger partial charge in [0.15, 0.2) is 0 Å². The van der Waals surface area contributed by atoms with Gasteiger partial charge in [0.05, 0.1) is 0 Å². The third kappa shape index (κ3) is 4.28. The number of allylic oxidation sites excluding steroid dienone is 1. The van der Waals surface area contributed by atoms with Crippen molar-refractivity contribution in [2.75, 3.05) is 5.75 Å². The van der Waals surface area contributed by atoms with Crippen molar-refractivity contribution in [2.24, 2.45) is 0 Å². The van der Waals surface area contributed by atoms with Crippen LogP contribution in [0, 0.1) is 0 Å². The van der Waals surface area contributed by atoms with E-state index in [1.165, 1.54) is 22.8 Å². The minimum atomic E-state index is -4.00. The van der Waals surface area contributed by atoms with Crippen LogP contribution in [-0.4, -0.2) is 25.2 Å². The van der Waals surface area contributed by atoms with E-state index in [0.29, 0.717) is 4.90 Å². The van der Waals surface area contributed by atoms with Gasteiger partial charge in [-0.2, -0.15) is 0 Å². The summed E-state index contributed by atoms with van der Waals surface area (Å²) in [7, 11) is -4.00. The molecule has 6 nitrogen and oxygen atoms in total. The first-order valence-electron chi connectivity index (χ1n) is 8.50. The molecular weight excluding hydrogens is 382 g/mol. The summed E-state index contributed by atoms with van der Waals surface area (Å²) in [6.07, 6.45) is 1.88. The smallest absolute Gasteiger partial charge is 0.298 e. The third-order valence-electron chi connectivity index (χ3n) is 4.00. The van der Waals surface area contributed by atoms with Gasteiger partial charge in [-0.05, 0) is 36.4 Å². The molecule has 1 heterocycles. The molecule has 0 radical (unpaired) electrons. The van der Waals surface area contributed by atoms with E-state index in [2.05, 4.69) is 10.1 Å². The predicted octanol–water partition coefficient (Wildman–Crippen LogP) is 3.66. The maximum Gasteiger partial charge on any atom is 0.350 e. The zero-order valence-corrected chi connectivity index (χ0v) is 16.7. The second-order valence-corrected chi connectivity index (χ2v) is 8.93. The van der Waals surface area contributed by atoms with Crippen molar-refractivity contribution in [2.45, 2.75) is 29.7 Å². The molecule has 2 N–H and O–H groups in total. The van der Waals surface area contributed by atoms with E-state index >= 15 is 0 Å². The summed E-state index contributed by atoms with van der Waals surface area (Å²) in [5, 5.41) is 1.29. The summed E-state index contributed by atoms with van der Waals surface area (Å²) in [6.45, 7) is 3.77. The number of sulfonamides is 1. The standard InChI is InChI=1S/C19H21N3O3S2/c1-3-26-17-11-7-8-12-18(17)27(24,25)21-19(23)22-16(13-14(2)20-22)15-9-5-4-6-10-15/h4-13,16,20H,3H2,1-2H3,(H,21,23). The van der Waals surface area contributed by atoms with Crippen molar-refractivity contribution < 1.29 is 13.2 Å². The molecule has 2 aromatic carbocycles. The van der Waals surface area contributed by atoms with Crippen LogP contribution < -0.4 is 10.1 Å². The maximum absolute atomic E-state index is 12.8. The summed E-state index contributed by atoms with van der Waals surface area (Å²) < 4.78 is 27.8. The highest BCUT2D eigenvalue weighted by atomic mass is 32.2. The summed E-state index contributed by atoms with van der Waals surface area (Å²) >= 11 is 1.42.